The number of rotatable bonds is 4. The summed E-state index contributed by atoms with van der Waals surface area (Å²) in [7, 11) is 0. The molecule has 0 aromatic carbocycles. The van der Waals surface area contributed by atoms with Crippen LogP contribution in [0.3, 0.4) is 0 Å². The van der Waals surface area contributed by atoms with Gasteiger partial charge in [-0.25, -0.2) is 9.59 Å². The highest BCUT2D eigenvalue weighted by Crippen LogP contribution is 2.07. The van der Waals surface area contributed by atoms with Crippen LogP contribution in [0.2, 0.25) is 0 Å². The molecule has 0 spiro atoms. The Balaban J connectivity index is 4.18. The van der Waals surface area contributed by atoms with Gasteiger partial charge in [0.1, 0.15) is 17.4 Å². The number of amides is 1. The zero-order valence-electron chi connectivity index (χ0n) is 9.16. The van der Waals surface area contributed by atoms with E-state index in [0.717, 1.165) is 0 Å². The number of ether oxygens (including phenoxy) is 1. The van der Waals surface area contributed by atoms with Gasteiger partial charge in [-0.2, -0.15) is 0 Å². The average Bonchev–Trinajstić information content (AvgIpc) is 1.99. The molecule has 15 heavy (non-hydrogen) atoms. The van der Waals surface area contributed by atoms with Gasteiger partial charge in [0.25, 0.3) is 0 Å². The summed E-state index contributed by atoms with van der Waals surface area (Å²) in [5, 5.41) is 11.0. The molecule has 0 aromatic rings. The van der Waals surface area contributed by atoms with E-state index in [1.165, 1.54) is 0 Å². The molecule has 0 saturated heterocycles. The number of hydrogen-bond donors (Lipinski definition) is 2. The zero-order chi connectivity index (χ0) is 12.1. The largest absolute Gasteiger partial charge is 0.480 e. The van der Waals surface area contributed by atoms with Gasteiger partial charge in [-0.1, -0.05) is 0 Å². The van der Waals surface area contributed by atoms with E-state index in [0.29, 0.717) is 12.2 Å². The van der Waals surface area contributed by atoms with Gasteiger partial charge in [0.15, 0.2) is 0 Å². The van der Waals surface area contributed by atoms with Crippen LogP contribution in [-0.4, -0.2) is 34.6 Å². The van der Waals surface area contributed by atoms with Crippen molar-refractivity contribution in [3.63, 3.8) is 0 Å². The molecule has 0 aliphatic carbocycles. The summed E-state index contributed by atoms with van der Waals surface area (Å²) in [5.41, 5.74) is -0.624. The van der Waals surface area contributed by atoms with Crippen molar-refractivity contribution in [1.29, 1.82) is 0 Å². The van der Waals surface area contributed by atoms with Crippen LogP contribution in [0.25, 0.3) is 0 Å². The van der Waals surface area contributed by atoms with Gasteiger partial charge in [0.2, 0.25) is 0 Å². The molecule has 0 aliphatic heterocycles. The van der Waals surface area contributed by atoms with Crippen molar-refractivity contribution in [1.82, 2.24) is 5.32 Å². The lowest BCUT2D eigenvalue weighted by molar-refractivity contribution is -0.139. The summed E-state index contributed by atoms with van der Waals surface area (Å²) in [6.07, 6.45) is -0.402. The van der Waals surface area contributed by atoms with Gasteiger partial charge in [-0.05, 0) is 33.4 Å². The predicted molar refractivity (Wildman–Crippen MR) is 60.4 cm³/mol. The predicted octanol–water partition coefficient (Wildman–Crippen LogP) is 0.366. The van der Waals surface area contributed by atoms with Crippen LogP contribution in [0, 0.1) is 0 Å². The minimum Gasteiger partial charge on any atom is -0.480 e. The first-order chi connectivity index (χ1) is 6.76. The molecule has 0 heterocycles. The average molecular weight is 236 g/mol. The van der Waals surface area contributed by atoms with Crippen LogP contribution in [0.4, 0.5) is 4.79 Å². The van der Waals surface area contributed by atoms with E-state index in [1.807, 2.05) is 0 Å². The summed E-state index contributed by atoms with van der Waals surface area (Å²) < 4.78 is 4.94. The summed E-state index contributed by atoms with van der Waals surface area (Å²) >= 11 is 3.16. The smallest absolute Gasteiger partial charge is 0.408 e. The number of carbonyl (C=O) groups excluding carboxylic acids is 1. The Hall–Kier alpha value is -0.910. The molecule has 0 rings (SSSR count). The van der Waals surface area contributed by atoms with E-state index in [2.05, 4.69) is 17.9 Å². The van der Waals surface area contributed by atoms with Crippen LogP contribution < -0.4 is 5.32 Å². The lowest BCUT2D eigenvalue weighted by Gasteiger charge is -2.21. The second-order valence-corrected chi connectivity index (χ2v) is 4.58. The number of alkyl carbamates (subject to hydrolysis) is 1. The van der Waals surface area contributed by atoms with Crippen LogP contribution >= 0.6 is 0 Å². The molecule has 88 valence electrons. The fraction of sp³-hybridized carbons (Fsp3) is 0.778. The number of nitrogens with one attached hydrogen (secondary N) is 1. The maximum absolute atomic E-state index is 11.2. The molecule has 0 aromatic heterocycles. The minimum absolute atomic E-state index is 0.311. The Morgan fingerprint density at radius 2 is 2.00 bits per heavy atom. The Kier molecular flexibility index (Phi) is 5.49. The molecule has 0 fully saturated rings. The molecule has 6 heteroatoms. The lowest BCUT2D eigenvalue weighted by atomic mass is 10.2. The van der Waals surface area contributed by atoms with Gasteiger partial charge in [0, 0.05) is 6.42 Å². The fourth-order valence-corrected chi connectivity index (χ4v) is 1.14. The Bertz CT molecular complexity index is 237. The van der Waals surface area contributed by atoms with Gasteiger partial charge < -0.3 is 15.2 Å². The summed E-state index contributed by atoms with van der Waals surface area (Å²) in [4.78, 5) is 21.9. The van der Waals surface area contributed by atoms with Crippen LogP contribution in [0.1, 0.15) is 27.2 Å². The third-order valence-electron chi connectivity index (χ3n) is 1.42. The highest BCUT2D eigenvalue weighted by atomic mass is 32.1. The van der Waals surface area contributed by atoms with Crippen molar-refractivity contribution in [2.75, 3.05) is 5.75 Å². The van der Waals surface area contributed by atoms with Gasteiger partial charge in [-0.3, -0.25) is 0 Å². The Morgan fingerprint density at radius 1 is 1.47 bits per heavy atom. The highest BCUT2D eigenvalue weighted by Gasteiger charge is 2.23. The normalized spacial score (nSPS) is 13.1. The zero-order valence-corrected chi connectivity index (χ0v) is 10.2. The maximum atomic E-state index is 11.2. The third kappa shape index (κ3) is 7.07. The van der Waals surface area contributed by atoms with E-state index in [4.69, 9.17) is 9.84 Å². The summed E-state index contributed by atoms with van der Waals surface area (Å²) in [6, 6.07) is -0.919. The highest BCUT2D eigenvalue weighted by molar-refractivity contribution is 7.58. The molecule has 1 amide bonds. The molecule has 2 N–H and O–H groups in total. The maximum Gasteiger partial charge on any atom is 0.408 e. The van der Waals surface area contributed by atoms with Gasteiger partial charge in [-0.15, -0.1) is 0 Å². The molecular weight excluding hydrogens is 218 g/mol. The van der Waals surface area contributed by atoms with Crippen molar-refractivity contribution >= 4 is 24.7 Å². The van der Waals surface area contributed by atoms with E-state index in [9.17, 15) is 9.59 Å². The SMILES string of the molecule is CC(C)(C)OC(=O)NC(CC[SH2+])C(=O)O. The number of aliphatic carboxylic acids is 1. The molecule has 5 nitrogen and oxygen atoms in total. The summed E-state index contributed by atoms with van der Waals surface area (Å²) in [6.45, 7) is 5.14. The lowest BCUT2D eigenvalue weighted by Crippen LogP contribution is -2.43. The van der Waals surface area contributed by atoms with E-state index >= 15 is 0 Å². The third-order valence-corrected chi connectivity index (χ3v) is 1.71. The van der Waals surface area contributed by atoms with E-state index < -0.39 is 23.7 Å². The topological polar surface area (TPSA) is 75.6 Å². The first kappa shape index (κ1) is 14.1. The number of carboxylic acid groups (broad SMARTS) is 1. The van der Waals surface area contributed by atoms with Crippen molar-refractivity contribution < 1.29 is 19.4 Å². The van der Waals surface area contributed by atoms with E-state index in [1.54, 1.807) is 20.8 Å². The Labute approximate surface area is 94.6 Å². The van der Waals surface area contributed by atoms with Crippen LogP contribution in [0.5, 0.6) is 0 Å². The van der Waals surface area contributed by atoms with Gasteiger partial charge >= 0.3 is 12.1 Å². The summed E-state index contributed by atoms with van der Waals surface area (Å²) in [5.74, 6) is -0.577. The second kappa shape index (κ2) is 5.85. The number of carboxylic acids is 1. The second-order valence-electron chi connectivity index (χ2n) is 4.08. The van der Waals surface area contributed by atoms with Crippen molar-refractivity contribution in [2.45, 2.75) is 38.8 Å². The quantitative estimate of drug-likeness (QED) is 0.691. The molecule has 1 unspecified atom stereocenters. The monoisotopic (exact) mass is 236 g/mol. The molecular formula is C9H18NO4S+. The standard InChI is InChI=1S/C9H17NO4S/c1-9(2,3)14-8(13)10-6(4-5-15)7(11)12/h6,15H,4-5H2,1-3H3,(H,10,13)(H,11,12)/p+1. The van der Waals surface area contributed by atoms with Crippen LogP contribution in [-0.2, 0) is 22.2 Å². The molecule has 0 aliphatic rings. The molecule has 1 atom stereocenters. The van der Waals surface area contributed by atoms with Crippen LogP contribution in [0.15, 0.2) is 0 Å². The van der Waals surface area contributed by atoms with Crippen molar-refractivity contribution in [3.8, 4) is 0 Å². The first-order valence-electron chi connectivity index (χ1n) is 4.63. The van der Waals surface area contributed by atoms with Crippen molar-refractivity contribution in [2.24, 2.45) is 0 Å². The molecule has 0 saturated carbocycles. The number of hydrogen-bond acceptors (Lipinski definition) is 3. The van der Waals surface area contributed by atoms with Gasteiger partial charge in [0.05, 0.1) is 0 Å². The fourth-order valence-electron chi connectivity index (χ4n) is 0.852. The first-order valence-corrected chi connectivity index (χ1v) is 5.34. The van der Waals surface area contributed by atoms with Crippen molar-refractivity contribution in [3.05, 3.63) is 0 Å². The Morgan fingerprint density at radius 3 is 2.33 bits per heavy atom. The number of carbonyl (C=O) groups is 2. The molecule has 0 bridgehead atoms. The minimum atomic E-state index is -1.07. The molecule has 0 radical (unpaired) electrons. The van der Waals surface area contributed by atoms with E-state index in [-0.39, 0.29) is 0 Å².